The summed E-state index contributed by atoms with van der Waals surface area (Å²) < 4.78 is 0. The smallest absolute Gasteiger partial charge is 0.0962 e. The Balaban J connectivity index is 2.13. The van der Waals surface area contributed by atoms with E-state index in [-0.39, 0.29) is 6.10 Å². The molecule has 0 spiro atoms. The largest absolute Gasteiger partial charge is 0.368 e. The van der Waals surface area contributed by atoms with Gasteiger partial charge in [-0.15, -0.1) is 0 Å². The van der Waals surface area contributed by atoms with E-state index in [1.54, 1.807) is 0 Å². The molecule has 1 aliphatic rings. The second-order valence-electron chi connectivity index (χ2n) is 3.80. The molecule has 1 aromatic carbocycles. The van der Waals surface area contributed by atoms with Gasteiger partial charge in [-0.3, -0.25) is 4.84 Å². The van der Waals surface area contributed by atoms with Crippen molar-refractivity contribution in [3.05, 3.63) is 29.3 Å². The second-order valence-corrected chi connectivity index (χ2v) is 4.20. The minimum Gasteiger partial charge on any atom is -0.368 e. The van der Waals surface area contributed by atoms with Crippen LogP contribution < -0.4 is 10.8 Å². The van der Waals surface area contributed by atoms with Crippen LogP contribution in [0, 0.1) is 0 Å². The molecule has 2 rings (SSSR count). The van der Waals surface area contributed by atoms with Gasteiger partial charge in [0.15, 0.2) is 0 Å². The molecular formula is C11H15ClN2O. The van der Waals surface area contributed by atoms with Crippen molar-refractivity contribution in [2.24, 2.45) is 5.90 Å². The third kappa shape index (κ3) is 2.43. The second kappa shape index (κ2) is 4.84. The van der Waals surface area contributed by atoms with E-state index in [4.69, 9.17) is 22.3 Å². The molecule has 2 N–H and O–H groups in total. The Morgan fingerprint density at radius 3 is 2.93 bits per heavy atom. The van der Waals surface area contributed by atoms with Crippen molar-refractivity contribution in [1.82, 2.24) is 0 Å². The average molecular weight is 227 g/mol. The van der Waals surface area contributed by atoms with E-state index in [0.29, 0.717) is 0 Å². The summed E-state index contributed by atoms with van der Waals surface area (Å²) in [4.78, 5) is 7.12. The fraction of sp³-hybridized carbons (Fsp3) is 0.455. The quantitative estimate of drug-likeness (QED) is 0.786. The summed E-state index contributed by atoms with van der Waals surface area (Å²) in [6.45, 7) is 1.84. The lowest BCUT2D eigenvalue weighted by atomic mass is 10.1. The van der Waals surface area contributed by atoms with Crippen LogP contribution in [0.2, 0.25) is 5.02 Å². The van der Waals surface area contributed by atoms with Crippen molar-refractivity contribution in [2.45, 2.75) is 18.9 Å². The Labute approximate surface area is 94.7 Å². The van der Waals surface area contributed by atoms with E-state index in [9.17, 15) is 0 Å². The minimum atomic E-state index is 0.120. The summed E-state index contributed by atoms with van der Waals surface area (Å²) >= 11 is 6.13. The number of hydrogen-bond acceptors (Lipinski definition) is 3. The lowest BCUT2D eigenvalue weighted by molar-refractivity contribution is 0.0435. The maximum absolute atomic E-state index is 6.13. The monoisotopic (exact) mass is 226 g/mol. The Bertz CT molecular complexity index is 332. The van der Waals surface area contributed by atoms with Gasteiger partial charge < -0.3 is 4.90 Å². The maximum Gasteiger partial charge on any atom is 0.0962 e. The topological polar surface area (TPSA) is 38.5 Å². The Morgan fingerprint density at radius 2 is 2.20 bits per heavy atom. The van der Waals surface area contributed by atoms with E-state index >= 15 is 0 Å². The Hall–Kier alpha value is -0.770. The van der Waals surface area contributed by atoms with Gasteiger partial charge in [0.25, 0.3) is 0 Å². The zero-order chi connectivity index (χ0) is 10.7. The Morgan fingerprint density at radius 1 is 1.40 bits per heavy atom. The van der Waals surface area contributed by atoms with Gasteiger partial charge >= 0.3 is 0 Å². The van der Waals surface area contributed by atoms with Crippen LogP contribution in [-0.4, -0.2) is 19.2 Å². The van der Waals surface area contributed by atoms with Gasteiger partial charge in [-0.25, -0.2) is 5.90 Å². The van der Waals surface area contributed by atoms with E-state index in [1.807, 2.05) is 24.3 Å². The zero-order valence-electron chi connectivity index (χ0n) is 8.53. The maximum atomic E-state index is 6.13. The molecule has 1 unspecified atom stereocenters. The lowest BCUT2D eigenvalue weighted by Gasteiger charge is -2.33. The molecule has 1 heterocycles. The van der Waals surface area contributed by atoms with Gasteiger partial charge in [-0.2, -0.15) is 0 Å². The number of piperidine rings is 1. The van der Waals surface area contributed by atoms with Gasteiger partial charge in [-0.05, 0) is 25.0 Å². The molecule has 1 aliphatic heterocycles. The van der Waals surface area contributed by atoms with Crippen LogP contribution in [0.4, 0.5) is 5.69 Å². The van der Waals surface area contributed by atoms with Crippen LogP contribution in [0.1, 0.15) is 12.8 Å². The van der Waals surface area contributed by atoms with E-state index in [0.717, 1.165) is 36.6 Å². The van der Waals surface area contributed by atoms with Crippen molar-refractivity contribution < 1.29 is 4.84 Å². The highest BCUT2D eigenvalue weighted by Crippen LogP contribution is 2.27. The number of nitrogens with zero attached hydrogens (tertiary/aromatic N) is 1. The molecule has 0 aromatic heterocycles. The summed E-state index contributed by atoms with van der Waals surface area (Å²) in [5.74, 6) is 5.22. The first kappa shape index (κ1) is 10.7. The highest BCUT2D eigenvalue weighted by Gasteiger charge is 2.21. The predicted octanol–water partition coefficient (Wildman–Crippen LogP) is 2.20. The summed E-state index contributed by atoms with van der Waals surface area (Å²) in [5.41, 5.74) is 1.07. The molecule has 1 saturated heterocycles. The molecule has 1 aromatic rings. The molecule has 1 atom stereocenters. The van der Waals surface area contributed by atoms with Gasteiger partial charge in [0, 0.05) is 13.1 Å². The lowest BCUT2D eigenvalue weighted by Crippen LogP contribution is -2.40. The summed E-state index contributed by atoms with van der Waals surface area (Å²) in [5, 5.41) is 0.787. The van der Waals surface area contributed by atoms with E-state index in [2.05, 4.69) is 4.90 Å². The average Bonchev–Trinajstić information content (AvgIpc) is 2.30. The zero-order valence-corrected chi connectivity index (χ0v) is 9.28. The van der Waals surface area contributed by atoms with Gasteiger partial charge in [0.2, 0.25) is 0 Å². The number of benzene rings is 1. The third-order valence-corrected chi connectivity index (χ3v) is 3.08. The number of halogens is 1. The van der Waals surface area contributed by atoms with Crippen LogP contribution in [0.15, 0.2) is 24.3 Å². The summed E-state index contributed by atoms with van der Waals surface area (Å²) in [6, 6.07) is 7.87. The molecule has 0 radical (unpaired) electrons. The predicted molar refractivity (Wildman–Crippen MR) is 62.0 cm³/mol. The van der Waals surface area contributed by atoms with E-state index in [1.165, 1.54) is 0 Å². The molecule has 4 heteroatoms. The third-order valence-electron chi connectivity index (χ3n) is 2.76. The molecule has 0 saturated carbocycles. The fourth-order valence-corrected chi connectivity index (χ4v) is 2.23. The molecule has 0 amide bonds. The van der Waals surface area contributed by atoms with Crippen molar-refractivity contribution >= 4 is 17.3 Å². The first-order valence-corrected chi connectivity index (χ1v) is 5.54. The van der Waals surface area contributed by atoms with Gasteiger partial charge in [0.05, 0.1) is 16.8 Å². The van der Waals surface area contributed by atoms with Crippen LogP contribution in [0.3, 0.4) is 0 Å². The van der Waals surface area contributed by atoms with Crippen molar-refractivity contribution in [1.29, 1.82) is 0 Å². The molecule has 0 bridgehead atoms. The molecule has 15 heavy (non-hydrogen) atoms. The number of para-hydroxylation sites is 1. The number of hydrogen-bond donors (Lipinski definition) is 1. The summed E-state index contributed by atoms with van der Waals surface area (Å²) in [7, 11) is 0. The van der Waals surface area contributed by atoms with Crippen LogP contribution in [0.25, 0.3) is 0 Å². The van der Waals surface area contributed by atoms with Crippen molar-refractivity contribution in [3.8, 4) is 0 Å². The Kier molecular flexibility index (Phi) is 3.46. The fourth-order valence-electron chi connectivity index (χ4n) is 1.98. The molecular weight excluding hydrogens is 212 g/mol. The molecule has 3 nitrogen and oxygen atoms in total. The minimum absolute atomic E-state index is 0.120. The van der Waals surface area contributed by atoms with Crippen LogP contribution >= 0.6 is 11.6 Å². The van der Waals surface area contributed by atoms with Crippen molar-refractivity contribution in [2.75, 3.05) is 18.0 Å². The van der Waals surface area contributed by atoms with Gasteiger partial charge in [-0.1, -0.05) is 23.7 Å². The number of nitrogens with two attached hydrogens (primary N) is 1. The van der Waals surface area contributed by atoms with Crippen LogP contribution in [-0.2, 0) is 4.84 Å². The SMILES string of the molecule is NOC1CCCN(c2ccccc2Cl)C1. The van der Waals surface area contributed by atoms with Crippen molar-refractivity contribution in [3.63, 3.8) is 0 Å². The van der Waals surface area contributed by atoms with Gasteiger partial charge in [0.1, 0.15) is 0 Å². The van der Waals surface area contributed by atoms with E-state index < -0.39 is 0 Å². The number of anilines is 1. The number of rotatable bonds is 2. The summed E-state index contributed by atoms with van der Waals surface area (Å²) in [6.07, 6.45) is 2.24. The molecule has 82 valence electrons. The first-order valence-electron chi connectivity index (χ1n) is 5.16. The normalized spacial score (nSPS) is 21.7. The molecule has 1 fully saturated rings. The first-order chi connectivity index (χ1) is 7.31. The van der Waals surface area contributed by atoms with Crippen LogP contribution in [0.5, 0.6) is 0 Å². The highest BCUT2D eigenvalue weighted by atomic mass is 35.5. The standard InChI is InChI=1S/C11H15ClN2O/c12-10-5-1-2-6-11(10)14-7-3-4-9(8-14)15-13/h1-2,5-6,9H,3-4,7-8,13H2. The molecule has 0 aliphatic carbocycles. The highest BCUT2D eigenvalue weighted by molar-refractivity contribution is 6.33.